The molecule has 0 amide bonds. The van der Waals surface area contributed by atoms with Crippen LogP contribution in [0.5, 0.6) is 0 Å². The largest absolute Gasteiger partial charge is 0.441 e. The molecule has 28 heavy (non-hydrogen) atoms. The molecule has 1 aromatic heterocycles. The van der Waals surface area contributed by atoms with E-state index < -0.39 is 0 Å². The number of oxazole rings is 1. The molecular formula is C25H35NO2. The molecule has 2 saturated carbocycles. The molecule has 4 rings (SSSR count). The third-order valence-electron chi connectivity index (χ3n) is 6.84. The lowest BCUT2D eigenvalue weighted by atomic mass is 9.82. The maximum Gasteiger partial charge on any atom is 0.226 e. The third-order valence-corrected chi connectivity index (χ3v) is 6.84. The summed E-state index contributed by atoms with van der Waals surface area (Å²) in [6.45, 7) is 4.66. The standard InChI is InChI=1S/C25H35NO2/c1-18-10-14-22(15-11-18)25-26-24(19(2)28-25)17-27-23-9-5-8-21(16-23)13-12-20-6-3-4-7-20/h10-11,14-15,20-21,23H,3-9,12-13,16-17H2,1-2H3/t21-,23-/m1/s1. The summed E-state index contributed by atoms with van der Waals surface area (Å²) in [5.41, 5.74) is 3.23. The van der Waals surface area contributed by atoms with Crippen LogP contribution in [0.2, 0.25) is 0 Å². The smallest absolute Gasteiger partial charge is 0.226 e. The first-order chi connectivity index (χ1) is 13.7. The molecule has 2 aliphatic rings. The molecule has 0 N–H and O–H groups in total. The minimum absolute atomic E-state index is 0.390. The second kappa shape index (κ2) is 9.26. The Morgan fingerprint density at radius 1 is 0.929 bits per heavy atom. The number of rotatable bonds is 7. The van der Waals surface area contributed by atoms with Gasteiger partial charge in [-0.2, -0.15) is 0 Å². The molecule has 0 aliphatic heterocycles. The van der Waals surface area contributed by atoms with Gasteiger partial charge in [-0.3, -0.25) is 0 Å². The fourth-order valence-electron chi connectivity index (χ4n) is 5.00. The van der Waals surface area contributed by atoms with Crippen LogP contribution in [0.15, 0.2) is 28.7 Å². The fraction of sp³-hybridized carbons (Fsp3) is 0.640. The van der Waals surface area contributed by atoms with Crippen LogP contribution in [0.25, 0.3) is 11.5 Å². The number of ether oxygens (including phenoxy) is 1. The lowest BCUT2D eigenvalue weighted by Gasteiger charge is -2.29. The zero-order chi connectivity index (χ0) is 19.3. The maximum atomic E-state index is 6.30. The van der Waals surface area contributed by atoms with Crippen molar-refractivity contribution in [1.82, 2.24) is 4.98 Å². The molecule has 152 valence electrons. The van der Waals surface area contributed by atoms with Crippen molar-refractivity contribution in [2.45, 2.75) is 90.8 Å². The highest BCUT2D eigenvalue weighted by molar-refractivity contribution is 5.54. The van der Waals surface area contributed by atoms with E-state index in [0.29, 0.717) is 18.6 Å². The van der Waals surface area contributed by atoms with Gasteiger partial charge in [0.25, 0.3) is 0 Å². The monoisotopic (exact) mass is 381 g/mol. The number of aryl methyl sites for hydroxylation is 2. The minimum Gasteiger partial charge on any atom is -0.441 e. The lowest BCUT2D eigenvalue weighted by molar-refractivity contribution is -0.00131. The van der Waals surface area contributed by atoms with E-state index in [0.717, 1.165) is 28.9 Å². The van der Waals surface area contributed by atoms with Crippen LogP contribution in [0.1, 0.15) is 81.2 Å². The van der Waals surface area contributed by atoms with Crippen LogP contribution in [0.3, 0.4) is 0 Å². The van der Waals surface area contributed by atoms with Gasteiger partial charge in [0.15, 0.2) is 0 Å². The first kappa shape index (κ1) is 19.7. The summed E-state index contributed by atoms with van der Waals surface area (Å²) in [6, 6.07) is 8.33. The van der Waals surface area contributed by atoms with Gasteiger partial charge in [-0.15, -0.1) is 0 Å². The number of hydrogen-bond acceptors (Lipinski definition) is 3. The van der Waals surface area contributed by atoms with Gasteiger partial charge in [0, 0.05) is 5.56 Å². The Balaban J connectivity index is 1.28. The molecule has 2 atom stereocenters. The van der Waals surface area contributed by atoms with Crippen LogP contribution >= 0.6 is 0 Å². The molecule has 3 nitrogen and oxygen atoms in total. The molecule has 0 saturated heterocycles. The average Bonchev–Trinajstić information content (AvgIpc) is 3.35. The molecule has 2 aliphatic carbocycles. The van der Waals surface area contributed by atoms with Gasteiger partial charge < -0.3 is 9.15 Å². The second-order valence-electron chi connectivity index (χ2n) is 9.08. The number of aromatic nitrogens is 1. The number of hydrogen-bond donors (Lipinski definition) is 0. The summed E-state index contributed by atoms with van der Waals surface area (Å²) in [5, 5.41) is 0. The topological polar surface area (TPSA) is 35.3 Å². The van der Waals surface area contributed by atoms with Crippen molar-refractivity contribution in [2.75, 3.05) is 0 Å². The van der Waals surface area contributed by atoms with Crippen molar-refractivity contribution < 1.29 is 9.15 Å². The molecule has 0 spiro atoms. The van der Waals surface area contributed by atoms with E-state index in [1.807, 2.05) is 6.92 Å². The highest BCUT2D eigenvalue weighted by Crippen LogP contribution is 2.35. The Bertz CT molecular complexity index is 742. The Kier molecular flexibility index (Phi) is 6.51. The zero-order valence-electron chi connectivity index (χ0n) is 17.6. The van der Waals surface area contributed by atoms with E-state index >= 15 is 0 Å². The minimum atomic E-state index is 0.390. The maximum absolute atomic E-state index is 6.30. The molecule has 0 bridgehead atoms. The van der Waals surface area contributed by atoms with Gasteiger partial charge in [0.1, 0.15) is 11.5 Å². The first-order valence-electron chi connectivity index (χ1n) is 11.3. The zero-order valence-corrected chi connectivity index (χ0v) is 17.6. The summed E-state index contributed by atoms with van der Waals surface area (Å²) in [6.07, 6.45) is 14.2. The highest BCUT2D eigenvalue weighted by atomic mass is 16.5. The van der Waals surface area contributed by atoms with Crippen molar-refractivity contribution >= 4 is 0 Å². The van der Waals surface area contributed by atoms with E-state index in [4.69, 9.17) is 14.1 Å². The summed E-state index contributed by atoms with van der Waals surface area (Å²) in [5.74, 6) is 3.46. The molecule has 1 heterocycles. The SMILES string of the molecule is Cc1ccc(-c2nc(CO[C@@H]3CCC[C@H](CCC4CCCC4)C3)c(C)o2)cc1. The first-order valence-corrected chi connectivity index (χ1v) is 11.3. The second-order valence-corrected chi connectivity index (χ2v) is 9.08. The Hall–Kier alpha value is -1.61. The lowest BCUT2D eigenvalue weighted by Crippen LogP contribution is -2.23. The summed E-state index contributed by atoms with van der Waals surface area (Å²) in [7, 11) is 0. The molecule has 2 aromatic rings. The van der Waals surface area contributed by atoms with Crippen LogP contribution < -0.4 is 0 Å². The molecule has 3 heteroatoms. The Morgan fingerprint density at radius 2 is 1.64 bits per heavy atom. The third kappa shape index (κ3) is 5.05. The van der Waals surface area contributed by atoms with Crippen LogP contribution in [-0.4, -0.2) is 11.1 Å². The number of benzene rings is 1. The van der Waals surface area contributed by atoms with E-state index in [-0.39, 0.29) is 0 Å². The van der Waals surface area contributed by atoms with Gasteiger partial charge in [0.2, 0.25) is 5.89 Å². The Labute approximate surface area is 169 Å². The molecule has 0 unspecified atom stereocenters. The Morgan fingerprint density at radius 3 is 2.43 bits per heavy atom. The molecule has 1 aromatic carbocycles. The van der Waals surface area contributed by atoms with E-state index in [2.05, 4.69) is 31.2 Å². The molecular weight excluding hydrogens is 346 g/mol. The van der Waals surface area contributed by atoms with Gasteiger partial charge in [-0.05, 0) is 50.7 Å². The van der Waals surface area contributed by atoms with Crippen molar-refractivity contribution in [2.24, 2.45) is 11.8 Å². The van der Waals surface area contributed by atoms with Gasteiger partial charge in [-0.25, -0.2) is 4.98 Å². The van der Waals surface area contributed by atoms with Crippen molar-refractivity contribution in [1.29, 1.82) is 0 Å². The summed E-state index contributed by atoms with van der Waals surface area (Å²) < 4.78 is 12.2. The van der Waals surface area contributed by atoms with E-state index in [1.165, 1.54) is 69.8 Å². The van der Waals surface area contributed by atoms with E-state index in [9.17, 15) is 0 Å². The predicted octanol–water partition coefficient (Wildman–Crippen LogP) is 7.00. The normalized spacial score (nSPS) is 23.4. The van der Waals surface area contributed by atoms with Crippen LogP contribution in [0, 0.1) is 25.7 Å². The summed E-state index contributed by atoms with van der Waals surface area (Å²) in [4.78, 5) is 4.71. The average molecular weight is 382 g/mol. The molecule has 0 radical (unpaired) electrons. The molecule has 2 fully saturated rings. The van der Waals surface area contributed by atoms with Crippen molar-refractivity contribution in [3.8, 4) is 11.5 Å². The predicted molar refractivity (Wildman–Crippen MR) is 113 cm³/mol. The van der Waals surface area contributed by atoms with Gasteiger partial charge in [0.05, 0.1) is 12.7 Å². The van der Waals surface area contributed by atoms with Gasteiger partial charge >= 0.3 is 0 Å². The van der Waals surface area contributed by atoms with Crippen LogP contribution in [0.4, 0.5) is 0 Å². The fourth-order valence-corrected chi connectivity index (χ4v) is 5.00. The summed E-state index contributed by atoms with van der Waals surface area (Å²) >= 11 is 0. The quantitative estimate of drug-likeness (QED) is 0.517. The van der Waals surface area contributed by atoms with E-state index in [1.54, 1.807) is 0 Å². The highest BCUT2D eigenvalue weighted by Gasteiger charge is 2.25. The van der Waals surface area contributed by atoms with Gasteiger partial charge in [-0.1, -0.05) is 69.1 Å². The van der Waals surface area contributed by atoms with Crippen molar-refractivity contribution in [3.63, 3.8) is 0 Å². The van der Waals surface area contributed by atoms with Crippen molar-refractivity contribution in [3.05, 3.63) is 41.3 Å². The number of nitrogens with zero attached hydrogens (tertiary/aromatic N) is 1. The van der Waals surface area contributed by atoms with Crippen LogP contribution in [-0.2, 0) is 11.3 Å².